The van der Waals surface area contributed by atoms with Crippen molar-refractivity contribution in [2.24, 2.45) is 0 Å². The molecule has 94 valence electrons. The molecule has 0 aromatic carbocycles. The molecule has 0 saturated carbocycles. The van der Waals surface area contributed by atoms with Crippen molar-refractivity contribution in [1.29, 1.82) is 0 Å². The van der Waals surface area contributed by atoms with Crippen molar-refractivity contribution < 1.29 is 18.3 Å². The molecular weight excluding hydrogens is 364 g/mol. The van der Waals surface area contributed by atoms with E-state index >= 15 is 0 Å². The van der Waals surface area contributed by atoms with Crippen LogP contribution < -0.4 is 0 Å². The van der Waals surface area contributed by atoms with Crippen molar-refractivity contribution in [3.8, 4) is 0 Å². The molecule has 0 aliphatic heterocycles. The highest BCUT2D eigenvalue weighted by molar-refractivity contribution is 9.10. The van der Waals surface area contributed by atoms with Crippen LogP contribution in [0, 0.1) is 0 Å². The SMILES string of the molecule is CCOC(=O)c1nc(CBr)cc(C(F)F)c1Br. The van der Waals surface area contributed by atoms with Crippen LogP contribution in [0.25, 0.3) is 0 Å². The lowest BCUT2D eigenvalue weighted by molar-refractivity contribution is 0.0517. The van der Waals surface area contributed by atoms with Gasteiger partial charge in [0.25, 0.3) is 6.43 Å². The number of ether oxygens (including phenoxy) is 1. The van der Waals surface area contributed by atoms with E-state index in [2.05, 4.69) is 36.8 Å². The van der Waals surface area contributed by atoms with Crippen LogP contribution in [0.2, 0.25) is 0 Å². The molecule has 0 bridgehead atoms. The first kappa shape index (κ1) is 14.5. The van der Waals surface area contributed by atoms with E-state index in [0.717, 1.165) is 0 Å². The minimum Gasteiger partial charge on any atom is -0.461 e. The second kappa shape index (κ2) is 6.39. The molecule has 0 fully saturated rings. The van der Waals surface area contributed by atoms with Gasteiger partial charge in [0.2, 0.25) is 0 Å². The third kappa shape index (κ3) is 3.45. The van der Waals surface area contributed by atoms with E-state index in [9.17, 15) is 13.6 Å². The van der Waals surface area contributed by atoms with Gasteiger partial charge in [-0.1, -0.05) is 15.9 Å². The number of hydrogen-bond acceptors (Lipinski definition) is 3. The number of esters is 1. The van der Waals surface area contributed by atoms with E-state index in [1.807, 2.05) is 0 Å². The zero-order chi connectivity index (χ0) is 13.0. The third-order valence-corrected chi connectivity index (χ3v) is 3.29. The monoisotopic (exact) mass is 371 g/mol. The van der Waals surface area contributed by atoms with Crippen molar-refractivity contribution in [1.82, 2.24) is 4.98 Å². The Bertz CT molecular complexity index is 427. The Morgan fingerprint density at radius 1 is 1.59 bits per heavy atom. The minimum atomic E-state index is -2.68. The quantitative estimate of drug-likeness (QED) is 0.595. The highest BCUT2D eigenvalue weighted by Gasteiger charge is 2.22. The maximum absolute atomic E-state index is 12.7. The summed E-state index contributed by atoms with van der Waals surface area (Å²) in [5.74, 6) is -0.718. The molecule has 0 saturated heterocycles. The lowest BCUT2D eigenvalue weighted by Crippen LogP contribution is -2.11. The zero-order valence-electron chi connectivity index (χ0n) is 8.84. The Kier molecular flexibility index (Phi) is 5.45. The number of hydrogen-bond donors (Lipinski definition) is 0. The molecule has 17 heavy (non-hydrogen) atoms. The number of carbonyl (C=O) groups is 1. The van der Waals surface area contributed by atoms with Gasteiger partial charge in [0.05, 0.1) is 16.8 Å². The fraction of sp³-hybridized carbons (Fsp3) is 0.400. The molecule has 1 aromatic heterocycles. The summed E-state index contributed by atoms with van der Waals surface area (Å²) in [5.41, 5.74) is -0.0387. The first-order valence-electron chi connectivity index (χ1n) is 4.71. The van der Waals surface area contributed by atoms with Gasteiger partial charge >= 0.3 is 5.97 Å². The molecule has 7 heteroatoms. The van der Waals surface area contributed by atoms with Crippen molar-refractivity contribution >= 4 is 37.8 Å². The summed E-state index contributed by atoms with van der Waals surface area (Å²) in [7, 11) is 0. The van der Waals surface area contributed by atoms with Crippen LogP contribution in [-0.4, -0.2) is 17.6 Å². The Morgan fingerprint density at radius 2 is 2.24 bits per heavy atom. The van der Waals surface area contributed by atoms with Gasteiger partial charge in [0.1, 0.15) is 0 Å². The summed E-state index contributed by atoms with van der Waals surface area (Å²) < 4.78 is 30.2. The molecule has 1 heterocycles. The third-order valence-electron chi connectivity index (χ3n) is 1.88. The van der Waals surface area contributed by atoms with Crippen molar-refractivity contribution in [2.45, 2.75) is 18.7 Å². The predicted octanol–water partition coefficient (Wildman–Crippen LogP) is 3.85. The maximum Gasteiger partial charge on any atom is 0.358 e. The number of halogens is 4. The highest BCUT2D eigenvalue weighted by Crippen LogP contribution is 2.30. The minimum absolute atomic E-state index is 0.0179. The fourth-order valence-electron chi connectivity index (χ4n) is 1.17. The topological polar surface area (TPSA) is 39.2 Å². The molecule has 3 nitrogen and oxygen atoms in total. The van der Waals surface area contributed by atoms with E-state index in [-0.39, 0.29) is 27.7 Å². The average molecular weight is 373 g/mol. The lowest BCUT2D eigenvalue weighted by atomic mass is 10.2. The second-order valence-corrected chi connectivity index (χ2v) is 4.37. The summed E-state index contributed by atoms with van der Waals surface area (Å²) in [4.78, 5) is 15.5. The van der Waals surface area contributed by atoms with E-state index in [1.165, 1.54) is 6.07 Å². The van der Waals surface area contributed by atoms with Crippen LogP contribution in [-0.2, 0) is 10.1 Å². The van der Waals surface area contributed by atoms with Gasteiger partial charge in [-0.2, -0.15) is 0 Å². The van der Waals surface area contributed by atoms with Gasteiger partial charge in [-0.05, 0) is 28.9 Å². The summed E-state index contributed by atoms with van der Waals surface area (Å²) in [6.07, 6.45) is -2.68. The lowest BCUT2D eigenvalue weighted by Gasteiger charge is -2.10. The molecule has 0 aliphatic rings. The van der Waals surface area contributed by atoms with Crippen molar-refractivity contribution in [2.75, 3.05) is 6.61 Å². The predicted molar refractivity (Wildman–Crippen MR) is 65.5 cm³/mol. The van der Waals surface area contributed by atoms with E-state index < -0.39 is 12.4 Å². The smallest absolute Gasteiger partial charge is 0.358 e. The normalized spacial score (nSPS) is 10.7. The molecule has 0 radical (unpaired) electrons. The first-order valence-corrected chi connectivity index (χ1v) is 6.63. The summed E-state index contributed by atoms with van der Waals surface area (Å²) in [6, 6.07) is 1.24. The van der Waals surface area contributed by atoms with E-state index in [4.69, 9.17) is 4.74 Å². The number of pyridine rings is 1. The summed E-state index contributed by atoms with van der Waals surface area (Å²) in [5, 5.41) is 0.284. The van der Waals surface area contributed by atoms with Gasteiger partial charge in [-0.3, -0.25) is 0 Å². The molecule has 0 unspecified atom stereocenters. The fourth-order valence-corrected chi connectivity index (χ4v) is 1.99. The molecule has 0 aliphatic carbocycles. The van der Waals surface area contributed by atoms with Gasteiger partial charge in [-0.15, -0.1) is 0 Å². The van der Waals surface area contributed by atoms with Crippen LogP contribution in [0.5, 0.6) is 0 Å². The molecule has 0 spiro atoms. The summed E-state index contributed by atoms with van der Waals surface area (Å²) >= 11 is 6.07. The molecule has 0 N–H and O–H groups in total. The molecule has 1 aromatic rings. The van der Waals surface area contributed by atoms with Crippen LogP contribution >= 0.6 is 31.9 Å². The van der Waals surface area contributed by atoms with Gasteiger partial charge in [0, 0.05) is 10.9 Å². The molecule has 0 atom stereocenters. The van der Waals surface area contributed by atoms with Crippen LogP contribution in [0.3, 0.4) is 0 Å². The number of alkyl halides is 3. The Morgan fingerprint density at radius 3 is 2.71 bits per heavy atom. The van der Waals surface area contributed by atoms with E-state index in [1.54, 1.807) is 6.92 Å². The number of nitrogens with zero attached hydrogens (tertiary/aromatic N) is 1. The number of aromatic nitrogens is 1. The van der Waals surface area contributed by atoms with Gasteiger partial charge in [-0.25, -0.2) is 18.6 Å². The molecule has 1 rings (SSSR count). The number of carbonyl (C=O) groups excluding carboxylic acids is 1. The largest absolute Gasteiger partial charge is 0.461 e. The van der Waals surface area contributed by atoms with Crippen LogP contribution in [0.4, 0.5) is 8.78 Å². The van der Waals surface area contributed by atoms with Gasteiger partial charge in [0.15, 0.2) is 5.69 Å². The highest BCUT2D eigenvalue weighted by atomic mass is 79.9. The number of rotatable bonds is 4. The summed E-state index contributed by atoms with van der Waals surface area (Å²) in [6.45, 7) is 1.80. The second-order valence-electron chi connectivity index (χ2n) is 3.02. The Hall–Kier alpha value is -0.560. The first-order chi connectivity index (χ1) is 8.01. The van der Waals surface area contributed by atoms with E-state index in [0.29, 0.717) is 5.69 Å². The zero-order valence-corrected chi connectivity index (χ0v) is 12.0. The van der Waals surface area contributed by atoms with Crippen molar-refractivity contribution in [3.63, 3.8) is 0 Å². The average Bonchev–Trinajstić information content (AvgIpc) is 2.29. The Labute approximate surface area is 114 Å². The van der Waals surface area contributed by atoms with Crippen molar-refractivity contribution in [3.05, 3.63) is 27.5 Å². The van der Waals surface area contributed by atoms with Gasteiger partial charge < -0.3 is 4.74 Å². The molecule has 0 amide bonds. The maximum atomic E-state index is 12.7. The standard InChI is InChI=1S/C10H9Br2F2NO2/c1-2-17-10(16)8-7(12)6(9(13)14)3-5(4-11)15-8/h3,9H,2,4H2,1H3. The Balaban J connectivity index is 3.28. The molecular formula is C10H9Br2F2NO2. The van der Waals surface area contributed by atoms with Crippen LogP contribution in [0.1, 0.15) is 35.1 Å². The van der Waals surface area contributed by atoms with Crippen LogP contribution in [0.15, 0.2) is 10.5 Å².